The molecule has 18 heavy (non-hydrogen) atoms. The van der Waals surface area contributed by atoms with Crippen molar-refractivity contribution in [1.82, 2.24) is 10.3 Å². The summed E-state index contributed by atoms with van der Waals surface area (Å²) < 4.78 is 6.01. The summed E-state index contributed by atoms with van der Waals surface area (Å²) >= 11 is 6.47. The third-order valence-corrected chi connectivity index (χ3v) is 3.62. The second-order valence-corrected chi connectivity index (χ2v) is 5.55. The third-order valence-electron chi connectivity index (χ3n) is 2.28. The fraction of sp³-hybridized carbons (Fsp3) is 0.500. The molecule has 1 amide bonds. The average Bonchev–Trinajstić information content (AvgIpc) is 2.62. The number of nitrogens with one attached hydrogen (secondary N) is 2. The maximum atomic E-state index is 11.6. The van der Waals surface area contributed by atoms with E-state index in [4.69, 9.17) is 17.0 Å². The molecule has 0 aliphatic heterocycles. The Balaban J connectivity index is 2.20. The number of amides is 1. The Morgan fingerprint density at radius 3 is 3.00 bits per heavy atom. The van der Waals surface area contributed by atoms with Gasteiger partial charge in [-0.25, -0.2) is 0 Å². The van der Waals surface area contributed by atoms with Gasteiger partial charge in [0.25, 0.3) is 0 Å². The molecule has 0 saturated carbocycles. The smallest absolute Gasteiger partial charge is 0.225 e. The van der Waals surface area contributed by atoms with Gasteiger partial charge in [-0.15, -0.1) is 17.9 Å². The maximum Gasteiger partial charge on any atom is 0.225 e. The van der Waals surface area contributed by atoms with Crippen molar-refractivity contribution in [2.75, 3.05) is 19.8 Å². The minimum atomic E-state index is -0.00401. The van der Waals surface area contributed by atoms with E-state index in [1.165, 1.54) is 11.3 Å². The van der Waals surface area contributed by atoms with Gasteiger partial charge in [-0.2, -0.15) is 0 Å². The summed E-state index contributed by atoms with van der Waals surface area (Å²) in [5.41, 5.74) is 0.974. The maximum absolute atomic E-state index is 11.6. The molecule has 4 nitrogen and oxygen atoms in total. The van der Waals surface area contributed by atoms with E-state index >= 15 is 0 Å². The second kappa shape index (κ2) is 8.18. The number of H-pyrrole nitrogens is 1. The van der Waals surface area contributed by atoms with E-state index in [0.29, 0.717) is 30.1 Å². The molecule has 2 N–H and O–H groups in total. The van der Waals surface area contributed by atoms with Crippen LogP contribution in [0.1, 0.15) is 17.0 Å². The zero-order valence-electron chi connectivity index (χ0n) is 10.5. The molecule has 0 radical (unpaired) electrons. The molecule has 0 fully saturated rings. The van der Waals surface area contributed by atoms with Crippen LogP contribution in [0.5, 0.6) is 0 Å². The van der Waals surface area contributed by atoms with Gasteiger partial charge in [-0.3, -0.25) is 4.79 Å². The number of rotatable bonds is 8. The van der Waals surface area contributed by atoms with Crippen molar-refractivity contribution in [3.63, 3.8) is 0 Å². The van der Waals surface area contributed by atoms with Gasteiger partial charge in [-0.1, -0.05) is 6.08 Å². The van der Waals surface area contributed by atoms with Gasteiger partial charge in [0.05, 0.1) is 19.6 Å². The van der Waals surface area contributed by atoms with E-state index < -0.39 is 0 Å². The van der Waals surface area contributed by atoms with Crippen LogP contribution in [0.25, 0.3) is 0 Å². The lowest BCUT2D eigenvalue weighted by Crippen LogP contribution is -2.28. The summed E-state index contributed by atoms with van der Waals surface area (Å²) in [5.74, 6) is -0.00401. The Hall–Kier alpha value is -0.980. The zero-order chi connectivity index (χ0) is 13.4. The highest BCUT2D eigenvalue weighted by Gasteiger charge is 2.07. The number of carbonyl (C=O) groups is 1. The summed E-state index contributed by atoms with van der Waals surface area (Å²) in [6.45, 7) is 7.24. The summed E-state index contributed by atoms with van der Waals surface area (Å²) in [5, 5.41) is 2.81. The van der Waals surface area contributed by atoms with Crippen LogP contribution >= 0.6 is 23.6 Å². The van der Waals surface area contributed by atoms with Crippen molar-refractivity contribution in [1.29, 1.82) is 0 Å². The highest BCUT2D eigenvalue weighted by atomic mass is 32.1. The lowest BCUT2D eigenvalue weighted by Gasteiger charge is -2.05. The topological polar surface area (TPSA) is 54.1 Å². The first-order valence-corrected chi connectivity index (χ1v) is 7.00. The number of ether oxygens (including phenoxy) is 1. The van der Waals surface area contributed by atoms with Crippen molar-refractivity contribution in [2.24, 2.45) is 0 Å². The zero-order valence-corrected chi connectivity index (χ0v) is 12.1. The monoisotopic (exact) mass is 286 g/mol. The molecule has 100 valence electrons. The standard InChI is InChI=1S/C12H18N2O2S2/c1-3-4-6-16-7-5-13-11(15)8-10-9(2)14-12(17)18-10/h3H,1,4-8H2,2H3,(H,13,15)(H,14,17). The molecule has 1 aromatic rings. The molecule has 0 aliphatic carbocycles. The Labute approximate surface area is 116 Å². The van der Waals surface area contributed by atoms with Gasteiger partial charge in [-0.05, 0) is 25.6 Å². The predicted molar refractivity (Wildman–Crippen MR) is 76.6 cm³/mol. The van der Waals surface area contributed by atoms with Crippen LogP contribution in [-0.2, 0) is 16.0 Å². The van der Waals surface area contributed by atoms with E-state index in [0.717, 1.165) is 17.0 Å². The van der Waals surface area contributed by atoms with Crippen molar-refractivity contribution >= 4 is 29.5 Å². The van der Waals surface area contributed by atoms with Crippen LogP contribution < -0.4 is 5.32 Å². The number of aromatic nitrogens is 1. The Morgan fingerprint density at radius 1 is 1.61 bits per heavy atom. The van der Waals surface area contributed by atoms with Gasteiger partial charge in [0.15, 0.2) is 3.95 Å². The highest BCUT2D eigenvalue weighted by molar-refractivity contribution is 7.73. The van der Waals surface area contributed by atoms with E-state index in [1.54, 1.807) is 6.08 Å². The van der Waals surface area contributed by atoms with Crippen molar-refractivity contribution < 1.29 is 9.53 Å². The molecule has 6 heteroatoms. The Kier molecular flexibility index (Phi) is 6.85. The molecule has 0 unspecified atom stereocenters. The van der Waals surface area contributed by atoms with Crippen LogP contribution in [0.4, 0.5) is 0 Å². The molecule has 1 heterocycles. The number of hydrogen-bond acceptors (Lipinski definition) is 4. The third kappa shape index (κ3) is 5.57. The number of aromatic amines is 1. The van der Waals surface area contributed by atoms with Gasteiger partial charge in [0.1, 0.15) is 0 Å². The fourth-order valence-electron chi connectivity index (χ4n) is 1.35. The summed E-state index contributed by atoms with van der Waals surface area (Å²) in [6.07, 6.45) is 3.01. The van der Waals surface area contributed by atoms with E-state index in [9.17, 15) is 4.79 Å². The van der Waals surface area contributed by atoms with Crippen LogP contribution in [-0.4, -0.2) is 30.6 Å². The first-order valence-electron chi connectivity index (χ1n) is 5.77. The summed E-state index contributed by atoms with van der Waals surface area (Å²) in [7, 11) is 0. The molecule has 0 bridgehead atoms. The molecule has 0 saturated heterocycles. The second-order valence-electron chi connectivity index (χ2n) is 3.78. The summed E-state index contributed by atoms with van der Waals surface area (Å²) in [6, 6.07) is 0. The molecule has 0 atom stereocenters. The van der Waals surface area contributed by atoms with E-state index in [2.05, 4.69) is 16.9 Å². The van der Waals surface area contributed by atoms with Crippen LogP contribution in [0.15, 0.2) is 12.7 Å². The van der Waals surface area contributed by atoms with Gasteiger partial charge >= 0.3 is 0 Å². The largest absolute Gasteiger partial charge is 0.379 e. The fourth-order valence-corrected chi connectivity index (χ4v) is 2.64. The molecular formula is C12H18N2O2S2. The molecular weight excluding hydrogens is 268 g/mol. The predicted octanol–water partition coefficient (Wildman–Crippen LogP) is 2.37. The molecule has 0 aromatic carbocycles. The van der Waals surface area contributed by atoms with Crippen molar-refractivity contribution in [2.45, 2.75) is 19.8 Å². The first-order chi connectivity index (χ1) is 8.63. The van der Waals surface area contributed by atoms with E-state index in [1.807, 2.05) is 6.92 Å². The van der Waals surface area contributed by atoms with Crippen molar-refractivity contribution in [3.05, 3.63) is 27.2 Å². The molecule has 1 aromatic heterocycles. The van der Waals surface area contributed by atoms with Gasteiger partial charge in [0.2, 0.25) is 5.91 Å². The minimum Gasteiger partial charge on any atom is -0.379 e. The van der Waals surface area contributed by atoms with Crippen LogP contribution in [0, 0.1) is 10.9 Å². The van der Waals surface area contributed by atoms with Gasteiger partial charge in [0, 0.05) is 17.1 Å². The van der Waals surface area contributed by atoms with Crippen LogP contribution in [0.3, 0.4) is 0 Å². The normalized spacial score (nSPS) is 10.3. The molecule has 0 spiro atoms. The number of thiazole rings is 1. The quantitative estimate of drug-likeness (QED) is 0.438. The van der Waals surface area contributed by atoms with Crippen molar-refractivity contribution in [3.8, 4) is 0 Å². The number of carbonyl (C=O) groups excluding carboxylic acids is 1. The highest BCUT2D eigenvalue weighted by Crippen LogP contribution is 2.14. The first kappa shape index (κ1) is 15.1. The Bertz CT molecular complexity index is 451. The SMILES string of the molecule is C=CCCOCCNC(=O)Cc1sc(=S)[nH]c1C. The van der Waals surface area contributed by atoms with Crippen LogP contribution in [0.2, 0.25) is 0 Å². The van der Waals surface area contributed by atoms with E-state index in [-0.39, 0.29) is 5.91 Å². The lowest BCUT2D eigenvalue weighted by molar-refractivity contribution is -0.120. The van der Waals surface area contributed by atoms with Gasteiger partial charge < -0.3 is 15.0 Å². The summed E-state index contributed by atoms with van der Waals surface area (Å²) in [4.78, 5) is 15.7. The lowest BCUT2D eigenvalue weighted by atomic mass is 10.3. The number of hydrogen-bond donors (Lipinski definition) is 2. The molecule has 1 rings (SSSR count). The molecule has 0 aliphatic rings. The Morgan fingerprint density at radius 2 is 2.39 bits per heavy atom. The number of aryl methyl sites for hydroxylation is 1. The average molecular weight is 286 g/mol. The minimum absolute atomic E-state index is 0.00401.